The first-order chi connectivity index (χ1) is 6.20. The number of fused-ring (bicyclic) bond motifs is 1. The maximum absolute atomic E-state index is 11.4. The molecule has 4 heteroatoms. The summed E-state index contributed by atoms with van der Waals surface area (Å²) in [5.74, 6) is 1.47. The van der Waals surface area contributed by atoms with Crippen LogP contribution >= 0.6 is 35.0 Å². The van der Waals surface area contributed by atoms with E-state index >= 15 is 0 Å². The van der Waals surface area contributed by atoms with Crippen LogP contribution in [0.3, 0.4) is 0 Å². The molecule has 0 bridgehead atoms. The van der Waals surface area contributed by atoms with Gasteiger partial charge in [-0.3, -0.25) is 4.79 Å². The smallest absolute Gasteiger partial charge is 0.173 e. The predicted octanol–water partition coefficient (Wildman–Crippen LogP) is 3.42. The van der Waals surface area contributed by atoms with E-state index in [-0.39, 0.29) is 5.78 Å². The van der Waals surface area contributed by atoms with Crippen molar-refractivity contribution in [3.63, 3.8) is 0 Å². The highest BCUT2D eigenvalue weighted by Gasteiger charge is 2.20. The maximum atomic E-state index is 11.4. The van der Waals surface area contributed by atoms with Crippen molar-refractivity contribution >= 4 is 40.7 Å². The van der Waals surface area contributed by atoms with Gasteiger partial charge in [-0.1, -0.05) is 23.2 Å². The summed E-state index contributed by atoms with van der Waals surface area (Å²) in [6.45, 7) is 0. The number of thioether (sulfide) groups is 1. The van der Waals surface area contributed by atoms with E-state index in [9.17, 15) is 4.79 Å². The lowest BCUT2D eigenvalue weighted by Gasteiger charge is -2.15. The van der Waals surface area contributed by atoms with Gasteiger partial charge in [0.15, 0.2) is 5.78 Å². The van der Waals surface area contributed by atoms with Gasteiger partial charge in [0.25, 0.3) is 0 Å². The molecule has 0 radical (unpaired) electrons. The Morgan fingerprint density at radius 1 is 1.23 bits per heavy atom. The van der Waals surface area contributed by atoms with Crippen molar-refractivity contribution in [3.05, 3.63) is 33.3 Å². The molecular formula is C9H6Cl2OS. The molecule has 13 heavy (non-hydrogen) atoms. The standard InChI is InChI=1S/C9H6Cl2OS/c10-7-2-1-5-6(9(7)11)3-13-4-8(5)12/h1-2H,3-4H2. The van der Waals surface area contributed by atoms with E-state index in [0.717, 1.165) is 16.9 Å². The molecule has 0 aromatic heterocycles. The van der Waals surface area contributed by atoms with Gasteiger partial charge in [0.05, 0.1) is 15.8 Å². The van der Waals surface area contributed by atoms with E-state index in [1.165, 1.54) is 0 Å². The molecule has 0 saturated carbocycles. The molecule has 1 nitrogen and oxygen atoms in total. The van der Waals surface area contributed by atoms with Crippen LogP contribution in [0.1, 0.15) is 15.9 Å². The van der Waals surface area contributed by atoms with Crippen molar-refractivity contribution in [1.82, 2.24) is 0 Å². The van der Waals surface area contributed by atoms with E-state index < -0.39 is 0 Å². The summed E-state index contributed by atoms with van der Waals surface area (Å²) in [6, 6.07) is 3.43. The molecule has 0 aliphatic carbocycles. The van der Waals surface area contributed by atoms with Gasteiger partial charge in [0, 0.05) is 11.3 Å². The highest BCUT2D eigenvalue weighted by molar-refractivity contribution is 7.99. The molecule has 0 saturated heterocycles. The van der Waals surface area contributed by atoms with Gasteiger partial charge in [0.1, 0.15) is 0 Å². The molecule has 0 unspecified atom stereocenters. The van der Waals surface area contributed by atoms with Gasteiger partial charge in [-0.05, 0) is 17.7 Å². The second-order valence-corrected chi connectivity index (χ2v) is 4.57. The molecule has 0 spiro atoms. The zero-order valence-electron chi connectivity index (χ0n) is 6.64. The minimum atomic E-state index is 0.143. The van der Waals surface area contributed by atoms with Crippen LogP contribution in [0.25, 0.3) is 0 Å². The summed E-state index contributed by atoms with van der Waals surface area (Å²) >= 11 is 13.4. The van der Waals surface area contributed by atoms with Gasteiger partial charge >= 0.3 is 0 Å². The van der Waals surface area contributed by atoms with Gasteiger partial charge in [0.2, 0.25) is 0 Å². The molecule has 1 heterocycles. The summed E-state index contributed by atoms with van der Waals surface area (Å²) in [7, 11) is 0. The first-order valence-corrected chi connectivity index (χ1v) is 5.69. The fraction of sp³-hybridized carbons (Fsp3) is 0.222. The summed E-state index contributed by atoms with van der Waals surface area (Å²) < 4.78 is 0. The van der Waals surface area contributed by atoms with Crippen LogP contribution in [0.4, 0.5) is 0 Å². The van der Waals surface area contributed by atoms with Crippen molar-refractivity contribution in [1.29, 1.82) is 0 Å². The minimum Gasteiger partial charge on any atom is -0.293 e. The Hall–Kier alpha value is -0.180. The number of Topliss-reactive ketones (excluding diaryl/α,β-unsaturated/α-hetero) is 1. The third-order valence-electron chi connectivity index (χ3n) is 1.98. The van der Waals surface area contributed by atoms with E-state index in [2.05, 4.69) is 0 Å². The second-order valence-electron chi connectivity index (χ2n) is 2.80. The Morgan fingerprint density at radius 2 is 2.00 bits per heavy atom. The topological polar surface area (TPSA) is 17.1 Å². The summed E-state index contributed by atoms with van der Waals surface area (Å²) in [4.78, 5) is 11.4. The Balaban J connectivity index is 2.63. The first-order valence-electron chi connectivity index (χ1n) is 3.78. The Labute approximate surface area is 90.4 Å². The van der Waals surface area contributed by atoms with E-state index in [1.807, 2.05) is 0 Å². The van der Waals surface area contributed by atoms with Gasteiger partial charge in [-0.15, -0.1) is 11.8 Å². The van der Waals surface area contributed by atoms with Crippen LogP contribution in [0.15, 0.2) is 12.1 Å². The monoisotopic (exact) mass is 232 g/mol. The number of hydrogen-bond donors (Lipinski definition) is 0. The Bertz CT molecular complexity index is 376. The fourth-order valence-corrected chi connectivity index (χ4v) is 2.75. The molecule has 1 aromatic rings. The third kappa shape index (κ3) is 1.58. The van der Waals surface area contributed by atoms with Crippen LogP contribution in [0.5, 0.6) is 0 Å². The SMILES string of the molecule is O=C1CSCc2c1ccc(Cl)c2Cl. The average molecular weight is 233 g/mol. The second kappa shape index (κ2) is 3.52. The fourth-order valence-electron chi connectivity index (χ4n) is 1.32. The summed E-state index contributed by atoms with van der Waals surface area (Å²) in [6.07, 6.45) is 0. The number of carbonyl (C=O) groups is 1. The van der Waals surface area contributed by atoms with E-state index in [1.54, 1.807) is 23.9 Å². The zero-order valence-corrected chi connectivity index (χ0v) is 8.97. The summed E-state index contributed by atoms with van der Waals surface area (Å²) in [5.41, 5.74) is 1.61. The molecule has 1 aliphatic heterocycles. The Morgan fingerprint density at radius 3 is 2.77 bits per heavy atom. The van der Waals surface area contributed by atoms with Crippen molar-refractivity contribution in [3.8, 4) is 0 Å². The number of ketones is 1. The quantitative estimate of drug-likeness (QED) is 0.682. The lowest BCUT2D eigenvalue weighted by molar-refractivity contribution is 0.102. The van der Waals surface area contributed by atoms with Crippen molar-refractivity contribution in [2.45, 2.75) is 5.75 Å². The molecule has 0 fully saturated rings. The van der Waals surface area contributed by atoms with Crippen molar-refractivity contribution in [2.75, 3.05) is 5.75 Å². The van der Waals surface area contributed by atoms with E-state index in [4.69, 9.17) is 23.2 Å². The van der Waals surface area contributed by atoms with Crippen LogP contribution in [-0.2, 0) is 5.75 Å². The highest BCUT2D eigenvalue weighted by atomic mass is 35.5. The number of halogens is 2. The summed E-state index contributed by atoms with van der Waals surface area (Å²) in [5, 5.41) is 1.05. The highest BCUT2D eigenvalue weighted by Crippen LogP contribution is 2.34. The first kappa shape index (κ1) is 9.38. The number of benzene rings is 1. The predicted molar refractivity (Wildman–Crippen MR) is 57.0 cm³/mol. The van der Waals surface area contributed by atoms with Crippen LogP contribution in [0.2, 0.25) is 10.0 Å². The number of rotatable bonds is 0. The minimum absolute atomic E-state index is 0.143. The largest absolute Gasteiger partial charge is 0.293 e. The third-order valence-corrected chi connectivity index (χ3v) is 3.78. The zero-order chi connectivity index (χ0) is 9.42. The number of hydrogen-bond acceptors (Lipinski definition) is 2. The average Bonchev–Trinajstić information content (AvgIpc) is 2.12. The lowest BCUT2D eigenvalue weighted by Crippen LogP contribution is -2.12. The Kier molecular flexibility index (Phi) is 2.54. The maximum Gasteiger partial charge on any atom is 0.173 e. The van der Waals surface area contributed by atoms with Crippen LogP contribution in [0, 0.1) is 0 Å². The molecule has 0 N–H and O–H groups in total. The number of carbonyl (C=O) groups excluding carboxylic acids is 1. The molecule has 0 amide bonds. The lowest BCUT2D eigenvalue weighted by atomic mass is 10.1. The normalized spacial score (nSPS) is 15.7. The molecule has 1 aromatic carbocycles. The molecule has 0 atom stereocenters. The molecule has 1 aliphatic rings. The van der Waals surface area contributed by atoms with Gasteiger partial charge in [-0.25, -0.2) is 0 Å². The van der Waals surface area contributed by atoms with Crippen molar-refractivity contribution in [2.24, 2.45) is 0 Å². The van der Waals surface area contributed by atoms with Gasteiger partial charge in [-0.2, -0.15) is 0 Å². The van der Waals surface area contributed by atoms with E-state index in [0.29, 0.717) is 15.8 Å². The molecule has 2 rings (SSSR count). The van der Waals surface area contributed by atoms with Crippen molar-refractivity contribution < 1.29 is 4.79 Å². The molecule has 68 valence electrons. The van der Waals surface area contributed by atoms with Crippen LogP contribution < -0.4 is 0 Å². The van der Waals surface area contributed by atoms with Crippen LogP contribution in [-0.4, -0.2) is 11.5 Å². The van der Waals surface area contributed by atoms with Gasteiger partial charge < -0.3 is 0 Å². The molecular weight excluding hydrogens is 227 g/mol.